The summed E-state index contributed by atoms with van der Waals surface area (Å²) < 4.78 is 0. The van der Waals surface area contributed by atoms with Gasteiger partial charge in [-0.2, -0.15) is 0 Å². The minimum Gasteiger partial charge on any atom is -0.480 e. The van der Waals surface area contributed by atoms with Crippen molar-refractivity contribution in [2.24, 2.45) is 10.8 Å². The average molecular weight is 334 g/mol. The van der Waals surface area contributed by atoms with Gasteiger partial charge in [-0.15, -0.1) is 0 Å². The molecule has 5 N–H and O–H groups in total. The maximum absolute atomic E-state index is 11.7. The Bertz CT molecular complexity index is 652. The van der Waals surface area contributed by atoms with Crippen molar-refractivity contribution in [2.75, 3.05) is 6.54 Å². The molecule has 0 aliphatic heterocycles. The van der Waals surface area contributed by atoms with Gasteiger partial charge < -0.3 is 21.5 Å². The molecule has 0 radical (unpaired) electrons. The van der Waals surface area contributed by atoms with Gasteiger partial charge in [-0.25, -0.2) is 4.79 Å². The molecule has 10 heteroatoms. The van der Waals surface area contributed by atoms with Crippen LogP contribution in [-0.4, -0.2) is 41.5 Å². The van der Waals surface area contributed by atoms with E-state index in [2.05, 4.69) is 20.7 Å². The van der Waals surface area contributed by atoms with Crippen LogP contribution in [0.4, 0.5) is 5.69 Å². The molecule has 128 valence electrons. The molecule has 0 bridgehead atoms. The minimum absolute atomic E-state index is 0.0405. The number of aliphatic carboxylic acids is 1. The van der Waals surface area contributed by atoms with Gasteiger partial charge in [0.1, 0.15) is 6.04 Å². The fourth-order valence-corrected chi connectivity index (χ4v) is 1.76. The zero-order chi connectivity index (χ0) is 18.1. The lowest BCUT2D eigenvalue weighted by Crippen LogP contribution is -2.48. The molecule has 0 fully saturated rings. The molecule has 1 aromatic rings. The Hall–Kier alpha value is -3.10. The molecule has 0 heterocycles. The third-order valence-corrected chi connectivity index (χ3v) is 3.01. The molecule has 2 atom stereocenters. The van der Waals surface area contributed by atoms with Crippen LogP contribution in [0, 0.1) is 0 Å². The second kappa shape index (κ2) is 9.13. The van der Waals surface area contributed by atoms with E-state index in [1.807, 2.05) is 0 Å². The maximum atomic E-state index is 11.7. The van der Waals surface area contributed by atoms with Gasteiger partial charge in [-0.3, -0.25) is 9.59 Å². The van der Waals surface area contributed by atoms with Crippen molar-refractivity contribution in [2.45, 2.75) is 25.4 Å². The van der Waals surface area contributed by atoms with E-state index in [4.69, 9.17) is 11.3 Å². The van der Waals surface area contributed by atoms with Crippen molar-refractivity contribution in [1.29, 1.82) is 0 Å². The largest absolute Gasteiger partial charge is 0.480 e. The maximum Gasteiger partial charge on any atom is 0.326 e. The van der Waals surface area contributed by atoms with E-state index < -0.39 is 29.9 Å². The molecule has 0 aliphatic rings. The van der Waals surface area contributed by atoms with Crippen molar-refractivity contribution < 1.29 is 19.5 Å². The highest BCUT2D eigenvalue weighted by molar-refractivity contribution is 5.89. The van der Waals surface area contributed by atoms with Gasteiger partial charge in [-0.1, -0.05) is 29.4 Å². The third-order valence-electron chi connectivity index (χ3n) is 3.01. The number of carbonyl (C=O) groups excluding carboxylic acids is 2. The number of hydrogen-bond acceptors (Lipinski definition) is 5. The molecule has 0 saturated heterocycles. The van der Waals surface area contributed by atoms with E-state index in [-0.39, 0.29) is 13.0 Å². The Morgan fingerprint density at radius 2 is 1.96 bits per heavy atom. The summed E-state index contributed by atoms with van der Waals surface area (Å²) in [5.41, 5.74) is 14.7. The van der Waals surface area contributed by atoms with Gasteiger partial charge in [0.15, 0.2) is 0 Å². The normalized spacial score (nSPS) is 12.4. The topological polar surface area (TPSA) is 170 Å². The molecule has 1 rings (SSSR count). The first-order chi connectivity index (χ1) is 11.3. The lowest BCUT2D eigenvalue weighted by Gasteiger charge is -2.15. The van der Waals surface area contributed by atoms with Crippen molar-refractivity contribution >= 4 is 23.5 Å². The number of azide groups is 1. The number of carboxylic acids is 1. The Morgan fingerprint density at radius 3 is 2.46 bits per heavy atom. The van der Waals surface area contributed by atoms with E-state index in [0.29, 0.717) is 11.3 Å². The van der Waals surface area contributed by atoms with Crippen LogP contribution in [0.1, 0.15) is 12.5 Å². The van der Waals surface area contributed by atoms with Crippen molar-refractivity contribution in [3.05, 3.63) is 40.3 Å². The highest BCUT2D eigenvalue weighted by Gasteiger charge is 2.20. The molecule has 0 unspecified atom stereocenters. The minimum atomic E-state index is -1.21. The molecule has 0 aromatic heterocycles. The zero-order valence-electron chi connectivity index (χ0n) is 13.0. The van der Waals surface area contributed by atoms with Crippen LogP contribution in [0.25, 0.3) is 10.4 Å². The van der Waals surface area contributed by atoms with Crippen molar-refractivity contribution in [3.8, 4) is 0 Å². The van der Waals surface area contributed by atoms with E-state index >= 15 is 0 Å². The van der Waals surface area contributed by atoms with Gasteiger partial charge in [-0.05, 0) is 18.0 Å². The first-order valence-corrected chi connectivity index (χ1v) is 7.03. The van der Waals surface area contributed by atoms with Crippen molar-refractivity contribution in [1.82, 2.24) is 10.6 Å². The average Bonchev–Trinajstić information content (AvgIpc) is 2.53. The van der Waals surface area contributed by atoms with Crippen LogP contribution in [0.15, 0.2) is 29.4 Å². The van der Waals surface area contributed by atoms with E-state index in [9.17, 15) is 19.5 Å². The predicted molar refractivity (Wildman–Crippen MR) is 85.2 cm³/mol. The first-order valence-electron chi connectivity index (χ1n) is 7.03. The standard InChI is InChI=1S/C14H18N6O4/c1-8(15)13(22)17-7-12(21)18-11(14(23)24)6-9-2-4-10(5-3-9)19-20-16/h2-5,8,11H,6-7,15H2,1H3,(H,17,22)(H,18,21)(H,23,24)/t8-,11-/m0/s1. The van der Waals surface area contributed by atoms with E-state index in [0.717, 1.165) is 0 Å². The van der Waals surface area contributed by atoms with E-state index in [1.54, 1.807) is 24.3 Å². The van der Waals surface area contributed by atoms with Crippen LogP contribution >= 0.6 is 0 Å². The van der Waals surface area contributed by atoms with Crippen LogP contribution in [0.3, 0.4) is 0 Å². The fourth-order valence-electron chi connectivity index (χ4n) is 1.76. The van der Waals surface area contributed by atoms with Gasteiger partial charge in [0.2, 0.25) is 11.8 Å². The number of carboxylic acid groups (broad SMARTS) is 1. The van der Waals surface area contributed by atoms with Gasteiger partial charge in [0, 0.05) is 17.0 Å². The molecule has 10 nitrogen and oxygen atoms in total. The Balaban J connectivity index is 2.63. The lowest BCUT2D eigenvalue weighted by molar-refractivity contribution is -0.141. The van der Waals surface area contributed by atoms with Crippen molar-refractivity contribution in [3.63, 3.8) is 0 Å². The number of hydrogen-bond donors (Lipinski definition) is 4. The summed E-state index contributed by atoms with van der Waals surface area (Å²) in [6, 6.07) is 4.36. The zero-order valence-corrected chi connectivity index (χ0v) is 13.0. The Kier molecular flexibility index (Phi) is 7.21. The summed E-state index contributed by atoms with van der Waals surface area (Å²) in [6.45, 7) is 1.10. The summed E-state index contributed by atoms with van der Waals surface area (Å²) in [5, 5.41) is 17.2. The highest BCUT2D eigenvalue weighted by atomic mass is 16.4. The highest BCUT2D eigenvalue weighted by Crippen LogP contribution is 2.14. The Labute approximate surface area is 137 Å². The first kappa shape index (κ1) is 18.9. The summed E-state index contributed by atoms with van der Waals surface area (Å²) in [6.07, 6.45) is 0.0405. The number of nitrogens with zero attached hydrogens (tertiary/aromatic N) is 3. The summed E-state index contributed by atoms with van der Waals surface area (Å²) >= 11 is 0. The molecular weight excluding hydrogens is 316 g/mol. The lowest BCUT2D eigenvalue weighted by atomic mass is 10.1. The fraction of sp³-hybridized carbons (Fsp3) is 0.357. The second-order valence-electron chi connectivity index (χ2n) is 5.02. The van der Waals surface area contributed by atoms with Crippen LogP contribution in [0.5, 0.6) is 0 Å². The SMILES string of the molecule is C[C@H](N)C(=O)NCC(=O)N[C@@H](Cc1ccc(N=[N+]=[N-])cc1)C(=O)O. The molecule has 0 saturated carbocycles. The molecule has 1 aromatic carbocycles. The summed E-state index contributed by atoms with van der Waals surface area (Å²) in [5.74, 6) is -2.35. The number of nitrogens with two attached hydrogens (primary N) is 1. The predicted octanol–water partition coefficient (Wildman–Crippen LogP) is 0.204. The van der Waals surface area contributed by atoms with Crippen LogP contribution in [0.2, 0.25) is 0 Å². The monoisotopic (exact) mass is 334 g/mol. The smallest absolute Gasteiger partial charge is 0.326 e. The molecule has 24 heavy (non-hydrogen) atoms. The number of rotatable bonds is 8. The second-order valence-corrected chi connectivity index (χ2v) is 5.02. The molecule has 2 amide bonds. The summed E-state index contributed by atoms with van der Waals surface area (Å²) in [7, 11) is 0. The quantitative estimate of drug-likeness (QED) is 0.302. The number of nitrogens with one attached hydrogen (secondary N) is 2. The van der Waals surface area contributed by atoms with Gasteiger partial charge in [0.25, 0.3) is 0 Å². The van der Waals surface area contributed by atoms with E-state index in [1.165, 1.54) is 6.92 Å². The molecule has 0 aliphatic carbocycles. The number of amides is 2. The van der Waals surface area contributed by atoms with Crippen LogP contribution < -0.4 is 16.4 Å². The number of benzene rings is 1. The molecular formula is C14H18N6O4. The number of carbonyl (C=O) groups is 3. The summed E-state index contributed by atoms with van der Waals surface area (Å²) in [4.78, 5) is 36.9. The Morgan fingerprint density at radius 1 is 1.33 bits per heavy atom. The van der Waals surface area contributed by atoms with Gasteiger partial charge in [0.05, 0.1) is 12.6 Å². The molecule has 0 spiro atoms. The van der Waals surface area contributed by atoms with Crippen LogP contribution in [-0.2, 0) is 20.8 Å². The van der Waals surface area contributed by atoms with Gasteiger partial charge >= 0.3 is 5.97 Å². The third kappa shape index (κ3) is 6.34.